The molecular formula is C14H16N2O3S. The van der Waals surface area contributed by atoms with Gasteiger partial charge in [0.2, 0.25) is 0 Å². The van der Waals surface area contributed by atoms with Crippen LogP contribution in [0.1, 0.15) is 15.2 Å². The normalized spacial score (nSPS) is 10.3. The molecule has 0 aliphatic rings. The Morgan fingerprint density at radius 2 is 2.15 bits per heavy atom. The Labute approximate surface area is 121 Å². The van der Waals surface area contributed by atoms with Crippen molar-refractivity contribution in [2.45, 2.75) is 6.92 Å². The van der Waals surface area contributed by atoms with E-state index in [9.17, 15) is 4.79 Å². The standard InChI is InChI=1S/C14H16N2O3S/c1-10-9-15-14(20-10)16-13(17)11-5-3-4-6-12(11)19-8-7-18-2/h3-6,9H,7-8H2,1-2H3,(H,15,16,17). The van der Waals surface area contributed by atoms with Crippen molar-refractivity contribution in [3.63, 3.8) is 0 Å². The number of thiazole rings is 1. The van der Waals surface area contributed by atoms with E-state index >= 15 is 0 Å². The first-order chi connectivity index (χ1) is 9.70. The minimum absolute atomic E-state index is 0.229. The molecule has 6 heteroatoms. The molecule has 0 saturated carbocycles. The summed E-state index contributed by atoms with van der Waals surface area (Å²) >= 11 is 1.43. The van der Waals surface area contributed by atoms with E-state index in [-0.39, 0.29) is 5.91 Å². The molecule has 0 spiro atoms. The highest BCUT2D eigenvalue weighted by molar-refractivity contribution is 7.15. The van der Waals surface area contributed by atoms with Gasteiger partial charge in [-0.2, -0.15) is 0 Å². The molecule has 0 fully saturated rings. The molecule has 1 N–H and O–H groups in total. The molecule has 0 saturated heterocycles. The van der Waals surface area contributed by atoms with Gasteiger partial charge < -0.3 is 9.47 Å². The number of carbonyl (C=O) groups is 1. The number of methoxy groups -OCH3 is 1. The molecule has 2 rings (SSSR count). The minimum Gasteiger partial charge on any atom is -0.490 e. The number of amides is 1. The first-order valence-electron chi connectivity index (χ1n) is 6.15. The Hall–Kier alpha value is -1.92. The van der Waals surface area contributed by atoms with Crippen LogP contribution in [-0.4, -0.2) is 31.2 Å². The molecule has 20 heavy (non-hydrogen) atoms. The largest absolute Gasteiger partial charge is 0.490 e. The summed E-state index contributed by atoms with van der Waals surface area (Å²) in [7, 11) is 1.60. The van der Waals surface area contributed by atoms with Crippen molar-refractivity contribution in [1.29, 1.82) is 0 Å². The number of nitrogens with one attached hydrogen (secondary N) is 1. The first-order valence-corrected chi connectivity index (χ1v) is 6.97. The molecule has 1 aromatic heterocycles. The minimum atomic E-state index is -0.229. The van der Waals surface area contributed by atoms with Gasteiger partial charge in [-0.3, -0.25) is 10.1 Å². The van der Waals surface area contributed by atoms with E-state index in [2.05, 4.69) is 10.3 Å². The van der Waals surface area contributed by atoms with Gasteiger partial charge in [0, 0.05) is 18.2 Å². The monoisotopic (exact) mass is 292 g/mol. The van der Waals surface area contributed by atoms with Crippen molar-refractivity contribution in [3.8, 4) is 5.75 Å². The van der Waals surface area contributed by atoms with E-state index in [0.29, 0.717) is 29.7 Å². The number of carbonyl (C=O) groups excluding carboxylic acids is 1. The SMILES string of the molecule is COCCOc1ccccc1C(=O)Nc1ncc(C)s1. The average Bonchev–Trinajstić information content (AvgIpc) is 2.85. The van der Waals surface area contributed by atoms with Gasteiger partial charge in [-0.25, -0.2) is 4.98 Å². The second kappa shape index (κ2) is 7.02. The van der Waals surface area contributed by atoms with E-state index < -0.39 is 0 Å². The highest BCUT2D eigenvalue weighted by Crippen LogP contribution is 2.21. The summed E-state index contributed by atoms with van der Waals surface area (Å²) in [6, 6.07) is 7.10. The van der Waals surface area contributed by atoms with Crippen LogP contribution in [0.3, 0.4) is 0 Å². The number of anilines is 1. The Morgan fingerprint density at radius 1 is 1.35 bits per heavy atom. The van der Waals surface area contributed by atoms with Crippen LogP contribution in [0, 0.1) is 6.92 Å². The summed E-state index contributed by atoms with van der Waals surface area (Å²) in [6.07, 6.45) is 1.72. The van der Waals surface area contributed by atoms with Crippen molar-refractivity contribution < 1.29 is 14.3 Å². The zero-order valence-corrected chi connectivity index (χ0v) is 12.2. The third-order valence-corrected chi connectivity index (χ3v) is 3.35. The molecule has 1 aromatic carbocycles. The topological polar surface area (TPSA) is 60.5 Å². The molecule has 2 aromatic rings. The number of aryl methyl sites for hydroxylation is 1. The summed E-state index contributed by atoms with van der Waals surface area (Å²) in [6.45, 7) is 2.81. The number of aromatic nitrogens is 1. The maximum Gasteiger partial charge on any atom is 0.261 e. The summed E-state index contributed by atoms with van der Waals surface area (Å²) < 4.78 is 10.5. The van der Waals surface area contributed by atoms with Crippen LogP contribution in [-0.2, 0) is 4.74 Å². The second-order valence-electron chi connectivity index (χ2n) is 4.07. The van der Waals surface area contributed by atoms with Crippen LogP contribution in [0.25, 0.3) is 0 Å². The van der Waals surface area contributed by atoms with Crippen molar-refractivity contribution in [2.24, 2.45) is 0 Å². The molecule has 0 aliphatic carbocycles. The highest BCUT2D eigenvalue weighted by atomic mass is 32.1. The lowest BCUT2D eigenvalue weighted by atomic mass is 10.2. The zero-order chi connectivity index (χ0) is 14.4. The summed E-state index contributed by atoms with van der Waals surface area (Å²) in [4.78, 5) is 17.4. The summed E-state index contributed by atoms with van der Waals surface area (Å²) in [5.74, 6) is 0.308. The third kappa shape index (κ3) is 3.79. The van der Waals surface area contributed by atoms with Crippen LogP contribution in [0.4, 0.5) is 5.13 Å². The molecule has 106 valence electrons. The van der Waals surface area contributed by atoms with Crippen LogP contribution in [0.15, 0.2) is 30.5 Å². The molecule has 0 atom stereocenters. The van der Waals surface area contributed by atoms with Crippen molar-refractivity contribution in [3.05, 3.63) is 40.9 Å². The van der Waals surface area contributed by atoms with Gasteiger partial charge in [0.1, 0.15) is 12.4 Å². The Bertz CT molecular complexity index is 583. The Kier molecular flexibility index (Phi) is 5.09. The Morgan fingerprint density at radius 3 is 2.85 bits per heavy atom. The number of nitrogens with zero attached hydrogens (tertiary/aromatic N) is 1. The van der Waals surface area contributed by atoms with Crippen molar-refractivity contribution >= 4 is 22.4 Å². The van der Waals surface area contributed by atoms with Crippen molar-refractivity contribution in [2.75, 3.05) is 25.6 Å². The summed E-state index contributed by atoms with van der Waals surface area (Å²) in [5.41, 5.74) is 0.483. The van der Waals surface area contributed by atoms with Gasteiger partial charge >= 0.3 is 0 Å². The number of benzene rings is 1. The average molecular weight is 292 g/mol. The first kappa shape index (κ1) is 14.5. The van der Waals surface area contributed by atoms with Gasteiger partial charge in [-0.15, -0.1) is 11.3 Å². The van der Waals surface area contributed by atoms with Crippen LogP contribution >= 0.6 is 11.3 Å². The summed E-state index contributed by atoms with van der Waals surface area (Å²) in [5, 5.41) is 3.35. The molecule has 0 bridgehead atoms. The van der Waals surface area contributed by atoms with E-state index in [4.69, 9.17) is 9.47 Å². The predicted molar refractivity (Wildman–Crippen MR) is 78.6 cm³/mol. The molecule has 0 aliphatic heterocycles. The van der Waals surface area contributed by atoms with Gasteiger partial charge in [0.15, 0.2) is 5.13 Å². The molecule has 0 radical (unpaired) electrons. The maximum atomic E-state index is 12.2. The van der Waals surface area contributed by atoms with E-state index in [1.807, 2.05) is 13.0 Å². The van der Waals surface area contributed by atoms with Gasteiger partial charge in [0.25, 0.3) is 5.91 Å². The van der Waals surface area contributed by atoms with Gasteiger partial charge in [-0.1, -0.05) is 12.1 Å². The van der Waals surface area contributed by atoms with Crippen LogP contribution in [0.2, 0.25) is 0 Å². The van der Waals surface area contributed by atoms with E-state index in [0.717, 1.165) is 4.88 Å². The zero-order valence-electron chi connectivity index (χ0n) is 11.4. The quantitative estimate of drug-likeness (QED) is 0.832. The van der Waals surface area contributed by atoms with Crippen LogP contribution in [0.5, 0.6) is 5.75 Å². The fourth-order valence-corrected chi connectivity index (χ4v) is 2.25. The predicted octanol–water partition coefficient (Wildman–Crippen LogP) is 2.73. The highest BCUT2D eigenvalue weighted by Gasteiger charge is 2.13. The van der Waals surface area contributed by atoms with Gasteiger partial charge in [-0.05, 0) is 19.1 Å². The number of hydrogen-bond donors (Lipinski definition) is 1. The van der Waals surface area contributed by atoms with E-state index in [1.165, 1.54) is 11.3 Å². The van der Waals surface area contributed by atoms with Crippen molar-refractivity contribution in [1.82, 2.24) is 4.98 Å². The molecule has 0 unspecified atom stereocenters. The lowest BCUT2D eigenvalue weighted by molar-refractivity contribution is 0.101. The lowest BCUT2D eigenvalue weighted by Gasteiger charge is -2.10. The number of rotatable bonds is 6. The molecule has 5 nitrogen and oxygen atoms in total. The molecular weight excluding hydrogens is 276 g/mol. The number of para-hydroxylation sites is 1. The molecule has 1 amide bonds. The van der Waals surface area contributed by atoms with E-state index in [1.54, 1.807) is 31.5 Å². The van der Waals surface area contributed by atoms with Gasteiger partial charge in [0.05, 0.1) is 12.2 Å². The fraction of sp³-hybridized carbons (Fsp3) is 0.286. The Balaban J connectivity index is 2.08. The lowest BCUT2D eigenvalue weighted by Crippen LogP contribution is -2.14. The number of ether oxygens (including phenoxy) is 2. The molecule has 1 heterocycles. The second-order valence-corrected chi connectivity index (χ2v) is 5.30. The fourth-order valence-electron chi connectivity index (χ4n) is 1.59. The smallest absolute Gasteiger partial charge is 0.261 e. The maximum absolute atomic E-state index is 12.2. The number of hydrogen-bond acceptors (Lipinski definition) is 5. The van der Waals surface area contributed by atoms with Crippen LogP contribution < -0.4 is 10.1 Å². The third-order valence-electron chi connectivity index (χ3n) is 2.52.